The number of nitrogens with one attached hydrogen (secondary N) is 2. The van der Waals surface area contributed by atoms with Crippen LogP contribution in [-0.2, 0) is 10.2 Å². The summed E-state index contributed by atoms with van der Waals surface area (Å²) in [6.45, 7) is 4.70. The van der Waals surface area contributed by atoms with Crippen molar-refractivity contribution in [3.05, 3.63) is 60.3 Å². The molecule has 0 saturated carbocycles. The van der Waals surface area contributed by atoms with E-state index in [1.807, 2.05) is 30.5 Å². The number of rotatable bonds is 7. The highest BCUT2D eigenvalue weighted by Crippen LogP contribution is 2.30. The van der Waals surface area contributed by atoms with Crippen molar-refractivity contribution in [1.82, 2.24) is 10.3 Å². The van der Waals surface area contributed by atoms with E-state index in [1.165, 1.54) is 10.9 Å². The molecular weight excluding hydrogens is 328 g/mol. The standard InChI is InChI=1S/C21H24N2O3/c1-21(2,16-12-22-17-9-5-4-8-15(16)17)14-23-20(24)13-26-19-11-7-6-10-18(19)25-3/h4-12,22H,13-14H2,1-3H3,(H,23,24). The molecule has 0 saturated heterocycles. The van der Waals surface area contributed by atoms with Crippen molar-refractivity contribution in [2.75, 3.05) is 20.3 Å². The van der Waals surface area contributed by atoms with E-state index in [-0.39, 0.29) is 17.9 Å². The van der Waals surface area contributed by atoms with Crippen LogP contribution in [0.2, 0.25) is 0 Å². The average Bonchev–Trinajstić information content (AvgIpc) is 3.10. The molecule has 0 spiro atoms. The molecule has 2 N–H and O–H groups in total. The zero-order valence-electron chi connectivity index (χ0n) is 15.3. The molecule has 3 aromatic rings. The molecule has 0 radical (unpaired) electrons. The van der Waals surface area contributed by atoms with Crippen LogP contribution in [0.25, 0.3) is 10.9 Å². The van der Waals surface area contributed by atoms with E-state index in [1.54, 1.807) is 19.2 Å². The summed E-state index contributed by atoms with van der Waals surface area (Å²) in [6, 6.07) is 15.5. The number of H-pyrrole nitrogens is 1. The molecule has 5 nitrogen and oxygen atoms in total. The number of aromatic nitrogens is 1. The van der Waals surface area contributed by atoms with Crippen LogP contribution in [0.1, 0.15) is 19.4 Å². The number of carbonyl (C=O) groups excluding carboxylic acids is 1. The fourth-order valence-electron chi connectivity index (χ4n) is 2.98. The first-order chi connectivity index (χ1) is 12.5. The number of para-hydroxylation sites is 3. The van der Waals surface area contributed by atoms with Gasteiger partial charge < -0.3 is 19.8 Å². The maximum atomic E-state index is 12.2. The predicted octanol–water partition coefficient (Wildman–Crippen LogP) is 3.65. The van der Waals surface area contributed by atoms with Crippen molar-refractivity contribution in [3.63, 3.8) is 0 Å². The second-order valence-electron chi connectivity index (χ2n) is 6.85. The van der Waals surface area contributed by atoms with Crippen LogP contribution < -0.4 is 14.8 Å². The van der Waals surface area contributed by atoms with Gasteiger partial charge in [0.25, 0.3) is 5.91 Å². The van der Waals surface area contributed by atoms with Gasteiger partial charge in [0.05, 0.1) is 7.11 Å². The smallest absolute Gasteiger partial charge is 0.257 e. The highest BCUT2D eigenvalue weighted by Gasteiger charge is 2.24. The van der Waals surface area contributed by atoms with Gasteiger partial charge in [0.2, 0.25) is 0 Å². The minimum atomic E-state index is -0.209. The lowest BCUT2D eigenvalue weighted by Crippen LogP contribution is -2.38. The zero-order valence-corrected chi connectivity index (χ0v) is 15.3. The summed E-state index contributed by atoms with van der Waals surface area (Å²) in [5, 5.41) is 4.14. The van der Waals surface area contributed by atoms with E-state index >= 15 is 0 Å². The lowest BCUT2D eigenvalue weighted by atomic mass is 9.84. The van der Waals surface area contributed by atoms with Gasteiger partial charge in [-0.3, -0.25) is 4.79 Å². The Labute approximate surface area is 153 Å². The van der Waals surface area contributed by atoms with E-state index in [9.17, 15) is 4.79 Å². The first kappa shape index (κ1) is 17.9. The Bertz CT molecular complexity index is 899. The molecular formula is C21H24N2O3. The number of methoxy groups -OCH3 is 1. The number of ether oxygens (including phenoxy) is 2. The molecule has 1 aromatic heterocycles. The minimum absolute atomic E-state index is 0.0513. The molecule has 0 fully saturated rings. The van der Waals surface area contributed by atoms with E-state index in [0.717, 1.165) is 5.52 Å². The highest BCUT2D eigenvalue weighted by molar-refractivity contribution is 5.84. The normalized spacial score (nSPS) is 11.3. The molecule has 5 heteroatoms. The van der Waals surface area contributed by atoms with E-state index in [0.29, 0.717) is 18.0 Å². The van der Waals surface area contributed by atoms with Crippen LogP contribution in [0.3, 0.4) is 0 Å². The number of fused-ring (bicyclic) bond motifs is 1. The molecule has 0 aliphatic rings. The molecule has 0 aliphatic heterocycles. The second-order valence-corrected chi connectivity index (χ2v) is 6.85. The zero-order chi connectivity index (χ0) is 18.6. The largest absolute Gasteiger partial charge is 0.493 e. The number of aromatic amines is 1. The Hall–Kier alpha value is -2.95. The molecule has 0 atom stereocenters. The third-order valence-corrected chi connectivity index (χ3v) is 4.47. The van der Waals surface area contributed by atoms with E-state index in [4.69, 9.17) is 9.47 Å². The monoisotopic (exact) mass is 352 g/mol. The Morgan fingerprint density at radius 1 is 1.08 bits per heavy atom. The lowest BCUT2D eigenvalue weighted by molar-refractivity contribution is -0.123. The number of hydrogen-bond acceptors (Lipinski definition) is 3. The maximum absolute atomic E-state index is 12.2. The SMILES string of the molecule is COc1ccccc1OCC(=O)NCC(C)(C)c1c[nH]c2ccccc12. The van der Waals surface area contributed by atoms with Crippen molar-refractivity contribution in [2.45, 2.75) is 19.3 Å². The number of hydrogen-bond donors (Lipinski definition) is 2. The van der Waals surface area contributed by atoms with Gasteiger partial charge in [0.1, 0.15) is 0 Å². The van der Waals surface area contributed by atoms with Gasteiger partial charge in [-0.1, -0.05) is 44.2 Å². The summed E-state index contributed by atoms with van der Waals surface area (Å²) in [4.78, 5) is 15.5. The fraction of sp³-hybridized carbons (Fsp3) is 0.286. The Morgan fingerprint density at radius 2 is 1.77 bits per heavy atom. The molecule has 0 bridgehead atoms. The number of carbonyl (C=O) groups is 1. The van der Waals surface area contributed by atoms with Crippen LogP contribution in [0.15, 0.2) is 54.7 Å². The molecule has 136 valence electrons. The molecule has 2 aromatic carbocycles. The van der Waals surface area contributed by atoms with Crippen molar-refractivity contribution in [3.8, 4) is 11.5 Å². The number of amides is 1. The lowest BCUT2D eigenvalue weighted by Gasteiger charge is -2.25. The van der Waals surface area contributed by atoms with Gasteiger partial charge in [-0.15, -0.1) is 0 Å². The molecule has 26 heavy (non-hydrogen) atoms. The van der Waals surface area contributed by atoms with Crippen molar-refractivity contribution >= 4 is 16.8 Å². The van der Waals surface area contributed by atoms with Crippen molar-refractivity contribution in [1.29, 1.82) is 0 Å². The molecule has 0 aliphatic carbocycles. The Morgan fingerprint density at radius 3 is 2.54 bits per heavy atom. The minimum Gasteiger partial charge on any atom is -0.493 e. The summed E-state index contributed by atoms with van der Waals surface area (Å²) in [5.74, 6) is 1.00. The highest BCUT2D eigenvalue weighted by atomic mass is 16.5. The summed E-state index contributed by atoms with van der Waals surface area (Å²) in [6.07, 6.45) is 2.02. The number of benzene rings is 2. The maximum Gasteiger partial charge on any atom is 0.257 e. The van der Waals surface area contributed by atoms with Gasteiger partial charge >= 0.3 is 0 Å². The summed E-state index contributed by atoms with van der Waals surface area (Å²) in [5.41, 5.74) is 2.07. The molecule has 0 unspecified atom stereocenters. The van der Waals surface area contributed by atoms with Crippen LogP contribution in [0, 0.1) is 0 Å². The molecule has 1 heterocycles. The second kappa shape index (κ2) is 7.52. The summed E-state index contributed by atoms with van der Waals surface area (Å²) >= 11 is 0. The van der Waals surface area contributed by atoms with Crippen LogP contribution in [-0.4, -0.2) is 31.2 Å². The van der Waals surface area contributed by atoms with Gasteiger partial charge in [-0.05, 0) is 23.8 Å². The van der Waals surface area contributed by atoms with Crippen molar-refractivity contribution in [2.24, 2.45) is 0 Å². The quantitative estimate of drug-likeness (QED) is 0.682. The van der Waals surface area contributed by atoms with E-state index in [2.05, 4.69) is 36.3 Å². The predicted molar refractivity (Wildman–Crippen MR) is 103 cm³/mol. The third kappa shape index (κ3) is 3.82. The summed E-state index contributed by atoms with van der Waals surface area (Å²) in [7, 11) is 1.58. The van der Waals surface area contributed by atoms with Gasteiger partial charge in [0.15, 0.2) is 18.1 Å². The fourth-order valence-corrected chi connectivity index (χ4v) is 2.98. The van der Waals surface area contributed by atoms with Crippen LogP contribution in [0.4, 0.5) is 0 Å². The van der Waals surface area contributed by atoms with E-state index < -0.39 is 0 Å². The van der Waals surface area contributed by atoms with Crippen molar-refractivity contribution < 1.29 is 14.3 Å². The Kier molecular flexibility index (Phi) is 5.16. The molecule has 1 amide bonds. The van der Waals surface area contributed by atoms with Crippen LogP contribution >= 0.6 is 0 Å². The van der Waals surface area contributed by atoms with Gasteiger partial charge in [0, 0.05) is 29.1 Å². The van der Waals surface area contributed by atoms with Crippen LogP contribution in [0.5, 0.6) is 11.5 Å². The molecule has 3 rings (SSSR count). The first-order valence-electron chi connectivity index (χ1n) is 8.60. The third-order valence-electron chi connectivity index (χ3n) is 4.47. The van der Waals surface area contributed by atoms with Gasteiger partial charge in [-0.2, -0.15) is 0 Å². The topological polar surface area (TPSA) is 63.4 Å². The first-order valence-corrected chi connectivity index (χ1v) is 8.60. The Balaban J connectivity index is 1.60. The average molecular weight is 352 g/mol. The van der Waals surface area contributed by atoms with Gasteiger partial charge in [-0.25, -0.2) is 0 Å². The summed E-state index contributed by atoms with van der Waals surface area (Å²) < 4.78 is 10.8.